The number of amides is 1. The van der Waals surface area contributed by atoms with Crippen LogP contribution in [0.5, 0.6) is 28.7 Å². The Labute approximate surface area is 281 Å². The van der Waals surface area contributed by atoms with Crippen molar-refractivity contribution in [1.82, 2.24) is 15.8 Å². The summed E-state index contributed by atoms with van der Waals surface area (Å²) in [5, 5.41) is 25.2. The molecule has 18 heteroatoms. The number of carbonyl (C=O) groups excluding carboxylic acids is 1. The van der Waals surface area contributed by atoms with Gasteiger partial charge in [0.1, 0.15) is 6.04 Å². The Morgan fingerprint density at radius 2 is 1.47 bits per heavy atom. The van der Waals surface area contributed by atoms with E-state index in [4.69, 9.17) is 33.6 Å². The zero-order valence-corrected chi connectivity index (χ0v) is 28.0. The monoisotopic (exact) mass is 701 g/mol. The maximum atomic E-state index is 13.3. The van der Waals surface area contributed by atoms with Gasteiger partial charge in [-0.1, -0.05) is 13.8 Å². The summed E-state index contributed by atoms with van der Waals surface area (Å²) in [4.78, 5) is 35.4. The predicted octanol–water partition coefficient (Wildman–Crippen LogP) is 5.72. The number of rotatable bonds is 14. The Morgan fingerprint density at radius 3 is 1.98 bits per heavy atom. The third kappa shape index (κ3) is 12.6. The SMILES string of the molecule is COc1ccc(N=Nc2cc(OC)c(OC)c(OC)c2)cc1OC(=O)N1CCCCC1CNN[C@@H](CC(C)C)C(=O)O.O=C(O)C(F)(F)F. The molecule has 1 aliphatic rings. The molecule has 4 N–H and O–H groups in total. The van der Waals surface area contributed by atoms with E-state index in [1.807, 2.05) is 13.8 Å². The van der Waals surface area contributed by atoms with Crippen LogP contribution in [0.3, 0.4) is 0 Å². The number of hydrazine groups is 1. The van der Waals surface area contributed by atoms with Crippen LogP contribution in [0.1, 0.15) is 39.5 Å². The van der Waals surface area contributed by atoms with Crippen LogP contribution in [0.2, 0.25) is 0 Å². The molecule has 1 fully saturated rings. The summed E-state index contributed by atoms with van der Waals surface area (Å²) >= 11 is 0. The van der Waals surface area contributed by atoms with Crippen LogP contribution in [0.4, 0.5) is 29.3 Å². The van der Waals surface area contributed by atoms with Gasteiger partial charge in [-0.25, -0.2) is 15.0 Å². The molecule has 272 valence electrons. The van der Waals surface area contributed by atoms with Crippen LogP contribution in [0.25, 0.3) is 0 Å². The van der Waals surface area contributed by atoms with Crippen LogP contribution in [-0.2, 0) is 9.59 Å². The number of nitrogens with one attached hydrogen (secondary N) is 2. The van der Waals surface area contributed by atoms with Gasteiger partial charge in [0, 0.05) is 37.3 Å². The van der Waals surface area contributed by atoms with Crippen molar-refractivity contribution in [1.29, 1.82) is 0 Å². The van der Waals surface area contributed by atoms with Gasteiger partial charge in [0.2, 0.25) is 5.75 Å². The number of piperidine rings is 1. The number of ether oxygens (including phenoxy) is 5. The van der Waals surface area contributed by atoms with Gasteiger partial charge in [-0.3, -0.25) is 10.2 Å². The summed E-state index contributed by atoms with van der Waals surface area (Å²) in [6.45, 7) is 4.82. The van der Waals surface area contributed by atoms with Gasteiger partial charge in [0.25, 0.3) is 0 Å². The smallest absolute Gasteiger partial charge is 0.490 e. The molecular weight excluding hydrogens is 659 g/mol. The van der Waals surface area contributed by atoms with Crippen LogP contribution in [0, 0.1) is 5.92 Å². The quantitative estimate of drug-likeness (QED) is 0.139. The van der Waals surface area contributed by atoms with Crippen molar-refractivity contribution in [2.45, 2.75) is 57.8 Å². The first-order chi connectivity index (χ1) is 23.1. The van der Waals surface area contributed by atoms with Gasteiger partial charge >= 0.3 is 24.2 Å². The lowest BCUT2D eigenvalue weighted by atomic mass is 10.0. The number of aliphatic carboxylic acids is 2. The van der Waals surface area contributed by atoms with Crippen molar-refractivity contribution in [3.05, 3.63) is 30.3 Å². The molecule has 0 aliphatic carbocycles. The summed E-state index contributed by atoms with van der Waals surface area (Å²) in [5.41, 5.74) is 6.80. The molecule has 2 atom stereocenters. The third-order valence-electron chi connectivity index (χ3n) is 7.00. The molecule has 1 heterocycles. The van der Waals surface area contributed by atoms with E-state index in [9.17, 15) is 27.9 Å². The average molecular weight is 702 g/mol. The van der Waals surface area contributed by atoms with Gasteiger partial charge in [0.15, 0.2) is 23.0 Å². The van der Waals surface area contributed by atoms with Gasteiger partial charge in [-0.2, -0.15) is 23.4 Å². The van der Waals surface area contributed by atoms with Crippen molar-refractivity contribution < 1.29 is 61.5 Å². The molecule has 49 heavy (non-hydrogen) atoms. The molecule has 2 aromatic carbocycles. The number of carboxylic acid groups (broad SMARTS) is 2. The Morgan fingerprint density at radius 1 is 0.898 bits per heavy atom. The first kappa shape index (κ1) is 40.3. The van der Waals surface area contributed by atoms with E-state index in [-0.39, 0.29) is 17.7 Å². The van der Waals surface area contributed by atoms with Crippen molar-refractivity contribution in [3.8, 4) is 28.7 Å². The minimum atomic E-state index is -5.08. The summed E-state index contributed by atoms with van der Waals surface area (Å²) in [6.07, 6.45) is -2.59. The number of carboxylic acids is 2. The molecule has 0 radical (unpaired) electrons. The normalized spacial score (nSPS) is 15.2. The molecule has 0 spiro atoms. The molecule has 0 bridgehead atoms. The minimum absolute atomic E-state index is 0.179. The van der Waals surface area contributed by atoms with Gasteiger partial charge in [-0.05, 0) is 43.7 Å². The molecule has 0 aromatic heterocycles. The summed E-state index contributed by atoms with van der Waals surface area (Å²) < 4.78 is 59.0. The lowest BCUT2D eigenvalue weighted by Crippen LogP contribution is -2.54. The first-order valence-corrected chi connectivity index (χ1v) is 15.0. The Bertz CT molecular complexity index is 1420. The molecule has 15 nitrogen and oxygen atoms in total. The highest BCUT2D eigenvalue weighted by molar-refractivity contribution is 5.74. The van der Waals surface area contributed by atoms with Gasteiger partial charge in [-0.15, -0.1) is 0 Å². The fourth-order valence-corrected chi connectivity index (χ4v) is 4.65. The largest absolute Gasteiger partial charge is 0.493 e. The van der Waals surface area contributed by atoms with Gasteiger partial charge in [0.05, 0.1) is 39.8 Å². The van der Waals surface area contributed by atoms with E-state index in [0.29, 0.717) is 53.9 Å². The zero-order chi connectivity index (χ0) is 36.7. The van der Waals surface area contributed by atoms with Crippen molar-refractivity contribution in [2.75, 3.05) is 41.5 Å². The standard InChI is InChI=1S/C29H41N5O8.C2HF3O2/c1-18(2)13-22(28(35)36)33-30-17-21-9-7-8-12-34(21)29(37)42-24-14-19(10-11-23(24)38-3)31-32-20-15-25(39-4)27(41-6)26(16-20)40-5;3-2(4,5)1(6)7/h10-11,14-16,18,21-22,30,33H,7-9,12-13,17H2,1-6H3,(H,35,36);(H,6,7)/t21?,22-;/m0./s1. The lowest BCUT2D eigenvalue weighted by molar-refractivity contribution is -0.192. The Kier molecular flexibility index (Phi) is 15.8. The molecule has 1 saturated heterocycles. The molecule has 3 rings (SSSR count). The number of hydrogen-bond acceptors (Lipinski definition) is 12. The number of carbonyl (C=O) groups is 3. The van der Waals surface area contributed by atoms with E-state index in [0.717, 1.165) is 19.3 Å². The zero-order valence-electron chi connectivity index (χ0n) is 28.0. The number of methoxy groups -OCH3 is 4. The highest BCUT2D eigenvalue weighted by Crippen LogP contribution is 2.41. The fourth-order valence-electron chi connectivity index (χ4n) is 4.65. The molecule has 1 amide bonds. The first-order valence-electron chi connectivity index (χ1n) is 15.0. The predicted molar refractivity (Wildman–Crippen MR) is 169 cm³/mol. The number of halogens is 3. The summed E-state index contributed by atoms with van der Waals surface area (Å²) in [6, 6.07) is 7.32. The van der Waals surface area contributed by atoms with E-state index in [1.54, 1.807) is 35.2 Å². The van der Waals surface area contributed by atoms with Crippen molar-refractivity contribution >= 4 is 29.4 Å². The van der Waals surface area contributed by atoms with Crippen molar-refractivity contribution in [3.63, 3.8) is 0 Å². The second-order valence-electron chi connectivity index (χ2n) is 11.0. The molecule has 1 aliphatic heterocycles. The maximum absolute atomic E-state index is 13.3. The average Bonchev–Trinajstić information content (AvgIpc) is 3.06. The van der Waals surface area contributed by atoms with E-state index in [2.05, 4.69) is 21.1 Å². The van der Waals surface area contributed by atoms with E-state index >= 15 is 0 Å². The van der Waals surface area contributed by atoms with Crippen LogP contribution < -0.4 is 34.5 Å². The highest BCUT2D eigenvalue weighted by atomic mass is 19.4. The second kappa shape index (κ2) is 19.2. The topological polar surface area (TPSA) is 190 Å². The Balaban J connectivity index is 0.00000107. The number of azo groups is 1. The highest BCUT2D eigenvalue weighted by Gasteiger charge is 2.38. The van der Waals surface area contributed by atoms with E-state index < -0.39 is 30.2 Å². The number of hydrogen-bond donors (Lipinski definition) is 4. The van der Waals surface area contributed by atoms with Crippen LogP contribution >= 0.6 is 0 Å². The van der Waals surface area contributed by atoms with Crippen LogP contribution in [-0.4, -0.2) is 92.9 Å². The van der Waals surface area contributed by atoms with Gasteiger partial charge < -0.3 is 38.8 Å². The second-order valence-corrected chi connectivity index (χ2v) is 11.0. The van der Waals surface area contributed by atoms with E-state index in [1.165, 1.54) is 28.4 Å². The number of nitrogens with zero attached hydrogens (tertiary/aromatic N) is 3. The van der Waals surface area contributed by atoms with Crippen molar-refractivity contribution in [2.24, 2.45) is 16.1 Å². The molecular formula is C31H42F3N5O10. The lowest BCUT2D eigenvalue weighted by Gasteiger charge is -2.35. The molecule has 2 aromatic rings. The Hall–Kier alpha value is -4.84. The summed E-state index contributed by atoms with van der Waals surface area (Å²) in [7, 11) is 6.03. The number of alkyl halides is 3. The number of benzene rings is 2. The molecule has 1 unspecified atom stereocenters. The molecule has 0 saturated carbocycles. The summed E-state index contributed by atoms with van der Waals surface area (Å²) in [5.74, 6) is -1.59. The van der Waals surface area contributed by atoms with Crippen LogP contribution in [0.15, 0.2) is 40.6 Å². The fraction of sp³-hybridized carbons (Fsp3) is 0.516. The maximum Gasteiger partial charge on any atom is 0.490 e. The third-order valence-corrected chi connectivity index (χ3v) is 7.00. The number of likely N-dealkylation sites (tertiary alicyclic amines) is 1. The minimum Gasteiger partial charge on any atom is -0.493 e.